The number of nitrogens with zero attached hydrogens (tertiary/aromatic N) is 1. The van der Waals surface area contributed by atoms with Gasteiger partial charge in [0.2, 0.25) is 0 Å². The van der Waals surface area contributed by atoms with Gasteiger partial charge >= 0.3 is 0 Å². The number of aldehydes is 1. The Kier molecular flexibility index (Phi) is 4.25. The van der Waals surface area contributed by atoms with E-state index in [-0.39, 0.29) is 6.10 Å². The highest BCUT2D eigenvalue weighted by Gasteiger charge is 2.27. The van der Waals surface area contributed by atoms with E-state index in [0.717, 1.165) is 24.9 Å². The van der Waals surface area contributed by atoms with Crippen LogP contribution in [0.5, 0.6) is 0 Å². The molecule has 0 aliphatic carbocycles. The molecule has 0 bridgehead atoms. The van der Waals surface area contributed by atoms with Crippen LogP contribution < -0.4 is 4.90 Å². The van der Waals surface area contributed by atoms with E-state index in [1.54, 1.807) is 6.07 Å². The molecular formula is C14H18ClNO2. The first-order chi connectivity index (χ1) is 8.67. The molecule has 98 valence electrons. The highest BCUT2D eigenvalue weighted by atomic mass is 35.5. The van der Waals surface area contributed by atoms with E-state index < -0.39 is 0 Å². The standard InChI is InChI=1S/C14H18ClNO2/c1-3-11-9-18-10(2)7-16(11)14-6-4-5-13(15)12(14)8-17/h4-6,8,10-11H,3,7,9H2,1-2H3. The van der Waals surface area contributed by atoms with Crippen LogP contribution in [0.1, 0.15) is 30.6 Å². The molecule has 1 fully saturated rings. The molecule has 1 aromatic carbocycles. The van der Waals surface area contributed by atoms with E-state index >= 15 is 0 Å². The summed E-state index contributed by atoms with van der Waals surface area (Å²) in [5, 5.41) is 0.511. The molecule has 1 aliphatic heterocycles. The Bertz CT molecular complexity index is 436. The summed E-state index contributed by atoms with van der Waals surface area (Å²) in [4.78, 5) is 13.5. The number of carbonyl (C=O) groups is 1. The third-order valence-electron chi connectivity index (χ3n) is 3.40. The van der Waals surface area contributed by atoms with Gasteiger partial charge in [0.1, 0.15) is 0 Å². The molecule has 18 heavy (non-hydrogen) atoms. The monoisotopic (exact) mass is 267 g/mol. The number of hydrogen-bond acceptors (Lipinski definition) is 3. The SMILES string of the molecule is CCC1COC(C)CN1c1cccc(Cl)c1C=O. The molecule has 4 heteroatoms. The van der Waals surface area contributed by atoms with Gasteiger partial charge in [0.15, 0.2) is 6.29 Å². The third-order valence-corrected chi connectivity index (χ3v) is 3.73. The Morgan fingerprint density at radius 2 is 2.33 bits per heavy atom. The largest absolute Gasteiger partial charge is 0.375 e. The quantitative estimate of drug-likeness (QED) is 0.788. The molecule has 0 radical (unpaired) electrons. The topological polar surface area (TPSA) is 29.5 Å². The van der Waals surface area contributed by atoms with Gasteiger partial charge in [0, 0.05) is 12.2 Å². The summed E-state index contributed by atoms with van der Waals surface area (Å²) in [5.74, 6) is 0. The number of carbonyl (C=O) groups excluding carboxylic acids is 1. The molecule has 3 nitrogen and oxygen atoms in total. The normalized spacial score (nSPS) is 24.1. The van der Waals surface area contributed by atoms with Crippen molar-refractivity contribution in [3.8, 4) is 0 Å². The third kappa shape index (κ3) is 2.52. The molecule has 1 saturated heterocycles. The molecule has 2 rings (SSSR count). The summed E-state index contributed by atoms with van der Waals surface area (Å²) in [5.41, 5.74) is 1.49. The number of rotatable bonds is 3. The van der Waals surface area contributed by atoms with Gasteiger partial charge in [-0.25, -0.2) is 0 Å². The lowest BCUT2D eigenvalue weighted by molar-refractivity contribution is 0.0299. The van der Waals surface area contributed by atoms with E-state index in [1.807, 2.05) is 19.1 Å². The minimum atomic E-state index is 0.172. The van der Waals surface area contributed by atoms with Crippen LogP contribution in [0.25, 0.3) is 0 Å². The van der Waals surface area contributed by atoms with Crippen LogP contribution in [-0.4, -0.2) is 31.6 Å². The Balaban J connectivity index is 2.39. The summed E-state index contributed by atoms with van der Waals surface area (Å²) in [6, 6.07) is 5.89. The van der Waals surface area contributed by atoms with E-state index in [4.69, 9.17) is 16.3 Å². The first-order valence-electron chi connectivity index (χ1n) is 6.29. The van der Waals surface area contributed by atoms with Gasteiger partial charge in [-0.05, 0) is 25.5 Å². The van der Waals surface area contributed by atoms with Crippen LogP contribution in [0, 0.1) is 0 Å². The van der Waals surface area contributed by atoms with Crippen molar-refractivity contribution in [1.29, 1.82) is 0 Å². The minimum Gasteiger partial charge on any atom is -0.375 e. The van der Waals surface area contributed by atoms with Crippen molar-refractivity contribution in [2.24, 2.45) is 0 Å². The fraction of sp³-hybridized carbons (Fsp3) is 0.500. The van der Waals surface area contributed by atoms with E-state index in [1.165, 1.54) is 0 Å². The second-order valence-electron chi connectivity index (χ2n) is 4.65. The zero-order chi connectivity index (χ0) is 13.1. The number of hydrogen-bond donors (Lipinski definition) is 0. The molecule has 1 aromatic rings. The van der Waals surface area contributed by atoms with Gasteiger partial charge in [-0.1, -0.05) is 24.6 Å². The highest BCUT2D eigenvalue weighted by Crippen LogP contribution is 2.30. The van der Waals surface area contributed by atoms with Crippen LogP contribution in [0.4, 0.5) is 5.69 Å². The van der Waals surface area contributed by atoms with Crippen molar-refractivity contribution in [2.75, 3.05) is 18.1 Å². The summed E-state index contributed by atoms with van der Waals surface area (Å²) >= 11 is 6.09. The lowest BCUT2D eigenvalue weighted by atomic mass is 10.1. The predicted molar refractivity (Wildman–Crippen MR) is 73.7 cm³/mol. The van der Waals surface area contributed by atoms with Crippen LogP contribution in [0.2, 0.25) is 5.02 Å². The Morgan fingerprint density at radius 3 is 3.00 bits per heavy atom. The molecule has 0 N–H and O–H groups in total. The van der Waals surface area contributed by atoms with Crippen molar-refractivity contribution >= 4 is 23.6 Å². The zero-order valence-corrected chi connectivity index (χ0v) is 11.5. The van der Waals surface area contributed by atoms with Crippen molar-refractivity contribution in [3.05, 3.63) is 28.8 Å². The van der Waals surface area contributed by atoms with Crippen LogP contribution >= 0.6 is 11.6 Å². The maximum Gasteiger partial charge on any atom is 0.153 e. The van der Waals surface area contributed by atoms with Gasteiger partial charge in [-0.2, -0.15) is 0 Å². The molecule has 0 saturated carbocycles. The average Bonchev–Trinajstić information content (AvgIpc) is 2.38. The number of anilines is 1. The second kappa shape index (κ2) is 5.72. The summed E-state index contributed by atoms with van der Waals surface area (Å²) < 4.78 is 5.67. The fourth-order valence-electron chi connectivity index (χ4n) is 2.37. The first-order valence-corrected chi connectivity index (χ1v) is 6.67. The fourth-order valence-corrected chi connectivity index (χ4v) is 2.58. The van der Waals surface area contributed by atoms with E-state index in [0.29, 0.717) is 23.2 Å². The molecule has 0 amide bonds. The summed E-state index contributed by atoms with van der Waals surface area (Å²) in [6.07, 6.45) is 1.99. The molecular weight excluding hydrogens is 250 g/mol. The van der Waals surface area contributed by atoms with E-state index in [9.17, 15) is 4.79 Å². The predicted octanol–water partition coefficient (Wildman–Crippen LogP) is 3.16. The van der Waals surface area contributed by atoms with Crippen LogP contribution in [-0.2, 0) is 4.74 Å². The van der Waals surface area contributed by atoms with Gasteiger partial charge in [0.25, 0.3) is 0 Å². The van der Waals surface area contributed by atoms with Crippen molar-refractivity contribution in [3.63, 3.8) is 0 Å². The Morgan fingerprint density at radius 1 is 1.56 bits per heavy atom. The van der Waals surface area contributed by atoms with Gasteiger partial charge in [-0.3, -0.25) is 4.79 Å². The van der Waals surface area contributed by atoms with Crippen LogP contribution in [0.3, 0.4) is 0 Å². The van der Waals surface area contributed by atoms with Gasteiger partial charge in [0.05, 0.1) is 29.3 Å². The van der Waals surface area contributed by atoms with Crippen LogP contribution in [0.15, 0.2) is 18.2 Å². The molecule has 0 aromatic heterocycles. The average molecular weight is 268 g/mol. The molecule has 1 heterocycles. The smallest absolute Gasteiger partial charge is 0.153 e. The molecule has 0 spiro atoms. The Hall–Kier alpha value is -1.06. The number of benzene rings is 1. The van der Waals surface area contributed by atoms with Crippen molar-refractivity contribution < 1.29 is 9.53 Å². The lowest BCUT2D eigenvalue weighted by Crippen LogP contribution is -2.49. The maximum absolute atomic E-state index is 11.2. The summed E-state index contributed by atoms with van der Waals surface area (Å²) in [7, 11) is 0. The molecule has 2 unspecified atom stereocenters. The summed E-state index contributed by atoms with van der Waals surface area (Å²) in [6.45, 7) is 5.66. The lowest BCUT2D eigenvalue weighted by Gasteiger charge is -2.40. The van der Waals surface area contributed by atoms with E-state index in [2.05, 4.69) is 11.8 Å². The van der Waals surface area contributed by atoms with Gasteiger partial charge in [-0.15, -0.1) is 0 Å². The van der Waals surface area contributed by atoms with Gasteiger partial charge < -0.3 is 9.64 Å². The number of halogens is 1. The zero-order valence-electron chi connectivity index (χ0n) is 10.7. The highest BCUT2D eigenvalue weighted by molar-refractivity contribution is 6.33. The number of ether oxygens (including phenoxy) is 1. The molecule has 1 aliphatic rings. The first kappa shape index (κ1) is 13.4. The van der Waals surface area contributed by atoms with Crippen molar-refractivity contribution in [2.45, 2.75) is 32.4 Å². The number of morpholine rings is 1. The minimum absolute atomic E-state index is 0.172. The maximum atomic E-state index is 11.2. The second-order valence-corrected chi connectivity index (χ2v) is 5.06. The Labute approximate surface area is 113 Å². The van der Waals surface area contributed by atoms with Crippen molar-refractivity contribution in [1.82, 2.24) is 0 Å². The molecule has 2 atom stereocenters.